The molecule has 2 heterocycles. The lowest BCUT2D eigenvalue weighted by Gasteiger charge is -2.49. The molecule has 3 aromatic carbocycles. The van der Waals surface area contributed by atoms with E-state index in [1.54, 1.807) is 41.3 Å². The molecule has 0 N–H and O–H groups in total. The van der Waals surface area contributed by atoms with Crippen LogP contribution in [0.15, 0.2) is 72.8 Å². The maximum Gasteiger partial charge on any atom is 0.253 e. The summed E-state index contributed by atoms with van der Waals surface area (Å²) in [5.41, 5.74) is 2.43. The molecule has 0 bridgehead atoms. The van der Waals surface area contributed by atoms with E-state index >= 15 is 0 Å². The number of amides is 2. The molecule has 0 aromatic heterocycles. The van der Waals surface area contributed by atoms with E-state index in [2.05, 4.69) is 6.92 Å². The van der Waals surface area contributed by atoms with Crippen molar-refractivity contribution in [3.05, 3.63) is 105 Å². The summed E-state index contributed by atoms with van der Waals surface area (Å²) in [7, 11) is 0. The van der Waals surface area contributed by atoms with Crippen LogP contribution in [0.1, 0.15) is 55.5 Å². The van der Waals surface area contributed by atoms with Crippen molar-refractivity contribution in [1.82, 2.24) is 9.80 Å². The molecule has 0 aliphatic carbocycles. The summed E-state index contributed by atoms with van der Waals surface area (Å²) in [5.74, 6) is -0.202. The summed E-state index contributed by atoms with van der Waals surface area (Å²) in [4.78, 5) is 31.9. The van der Waals surface area contributed by atoms with Gasteiger partial charge < -0.3 is 14.5 Å². The van der Waals surface area contributed by atoms with Gasteiger partial charge in [-0.25, -0.2) is 4.39 Å². The van der Waals surface area contributed by atoms with Gasteiger partial charge in [-0.15, -0.1) is 0 Å². The van der Waals surface area contributed by atoms with E-state index in [0.29, 0.717) is 35.5 Å². The predicted octanol–water partition coefficient (Wildman–Crippen LogP) is 7.03. The first-order chi connectivity index (χ1) is 19.2. The monoisotopic (exact) mass is 582 g/mol. The molecule has 5 rings (SSSR count). The van der Waals surface area contributed by atoms with Crippen molar-refractivity contribution in [1.29, 1.82) is 0 Å². The van der Waals surface area contributed by atoms with Crippen LogP contribution in [-0.2, 0) is 20.7 Å². The molecule has 40 heavy (non-hydrogen) atoms. The van der Waals surface area contributed by atoms with Crippen molar-refractivity contribution in [2.45, 2.75) is 57.4 Å². The minimum absolute atomic E-state index is 0.0375. The maximum atomic E-state index is 14.4. The summed E-state index contributed by atoms with van der Waals surface area (Å²) < 4.78 is 20.3. The third-order valence-electron chi connectivity index (χ3n) is 7.73. The Balaban J connectivity index is 1.62. The molecule has 2 amide bonds. The molecular formula is C32H33Cl2FN2O3. The minimum atomic E-state index is -0.864. The smallest absolute Gasteiger partial charge is 0.253 e. The molecule has 2 aliphatic rings. The number of likely N-dealkylation sites (tertiary alicyclic amines) is 1. The lowest BCUT2D eigenvalue weighted by atomic mass is 9.88. The highest BCUT2D eigenvalue weighted by Crippen LogP contribution is 2.45. The topological polar surface area (TPSA) is 49.9 Å². The van der Waals surface area contributed by atoms with Crippen LogP contribution < -0.4 is 0 Å². The highest BCUT2D eigenvalue weighted by atomic mass is 35.5. The van der Waals surface area contributed by atoms with Crippen molar-refractivity contribution in [2.24, 2.45) is 5.92 Å². The largest absolute Gasteiger partial charge is 0.358 e. The Labute approximate surface area is 244 Å². The molecule has 4 atom stereocenters. The van der Waals surface area contributed by atoms with Gasteiger partial charge in [-0.1, -0.05) is 79.9 Å². The Bertz CT molecular complexity index is 1330. The first-order valence-electron chi connectivity index (χ1n) is 13.8. The van der Waals surface area contributed by atoms with E-state index in [1.807, 2.05) is 36.1 Å². The van der Waals surface area contributed by atoms with E-state index in [1.165, 1.54) is 12.1 Å². The summed E-state index contributed by atoms with van der Waals surface area (Å²) in [6, 6.07) is 19.6. The van der Waals surface area contributed by atoms with Crippen molar-refractivity contribution in [2.75, 3.05) is 13.1 Å². The van der Waals surface area contributed by atoms with Crippen LogP contribution in [0.2, 0.25) is 10.0 Å². The van der Waals surface area contributed by atoms with Gasteiger partial charge in [-0.3, -0.25) is 9.59 Å². The number of carbonyl (C=O) groups excluding carboxylic acids is 2. The SMILES string of the molecule is CCC[C@@H](C(=O)N1CC(C)C1)N1C(=O)[C@@H](Cc2ccc(F)cc2)O[C@H](c2ccc(Cl)cc2)[C@@H]1c1ccc(Cl)cc1. The lowest BCUT2D eigenvalue weighted by molar-refractivity contribution is -0.184. The summed E-state index contributed by atoms with van der Waals surface area (Å²) in [5, 5.41) is 1.16. The summed E-state index contributed by atoms with van der Waals surface area (Å²) in [6.45, 7) is 5.50. The van der Waals surface area contributed by atoms with Crippen LogP contribution in [0.3, 0.4) is 0 Å². The number of benzene rings is 3. The number of morpholine rings is 1. The zero-order chi connectivity index (χ0) is 28.4. The van der Waals surface area contributed by atoms with Gasteiger partial charge in [-0.2, -0.15) is 0 Å². The number of ether oxygens (including phenoxy) is 1. The van der Waals surface area contributed by atoms with Gasteiger partial charge in [0.05, 0.1) is 6.04 Å². The van der Waals surface area contributed by atoms with Crippen LogP contribution in [0.25, 0.3) is 0 Å². The van der Waals surface area contributed by atoms with Crippen molar-refractivity contribution in [3.63, 3.8) is 0 Å². The minimum Gasteiger partial charge on any atom is -0.358 e. The van der Waals surface area contributed by atoms with Crippen LogP contribution in [0.4, 0.5) is 4.39 Å². The van der Waals surface area contributed by atoms with Crippen LogP contribution in [0.5, 0.6) is 0 Å². The van der Waals surface area contributed by atoms with E-state index in [-0.39, 0.29) is 24.1 Å². The number of nitrogens with zero attached hydrogens (tertiary/aromatic N) is 2. The molecule has 2 saturated heterocycles. The van der Waals surface area contributed by atoms with Gasteiger partial charge in [0.25, 0.3) is 5.91 Å². The van der Waals surface area contributed by atoms with Gasteiger partial charge in [0.15, 0.2) is 0 Å². The zero-order valence-electron chi connectivity index (χ0n) is 22.6. The Hall–Kier alpha value is -2.93. The van der Waals surface area contributed by atoms with Gasteiger partial charge >= 0.3 is 0 Å². The average molecular weight is 584 g/mol. The first-order valence-corrected chi connectivity index (χ1v) is 14.5. The second-order valence-electron chi connectivity index (χ2n) is 10.8. The molecule has 2 fully saturated rings. The molecule has 3 aromatic rings. The van der Waals surface area contributed by atoms with E-state index < -0.39 is 24.3 Å². The molecule has 0 unspecified atom stereocenters. The van der Waals surface area contributed by atoms with E-state index in [4.69, 9.17) is 27.9 Å². The van der Waals surface area contributed by atoms with Gasteiger partial charge in [0.2, 0.25) is 5.91 Å². The second-order valence-corrected chi connectivity index (χ2v) is 11.7. The molecular weight excluding hydrogens is 550 g/mol. The average Bonchev–Trinajstić information content (AvgIpc) is 2.93. The Morgan fingerprint density at radius 1 is 0.950 bits per heavy atom. The summed E-state index contributed by atoms with van der Waals surface area (Å²) in [6.07, 6.45) is 0.0597. The molecule has 210 valence electrons. The maximum absolute atomic E-state index is 14.4. The van der Waals surface area contributed by atoms with Crippen molar-refractivity contribution < 1.29 is 18.7 Å². The molecule has 5 nitrogen and oxygen atoms in total. The van der Waals surface area contributed by atoms with Crippen LogP contribution in [-0.4, -0.2) is 46.8 Å². The fraction of sp³-hybridized carbons (Fsp3) is 0.375. The second kappa shape index (κ2) is 12.3. The quantitative estimate of drug-likeness (QED) is 0.286. The van der Waals surface area contributed by atoms with Crippen molar-refractivity contribution >= 4 is 35.0 Å². The molecule has 0 spiro atoms. The summed E-state index contributed by atoms with van der Waals surface area (Å²) >= 11 is 12.5. The third-order valence-corrected chi connectivity index (χ3v) is 8.23. The van der Waals surface area contributed by atoms with Gasteiger partial charge in [0, 0.05) is 29.6 Å². The number of halogens is 3. The number of hydrogen-bond donors (Lipinski definition) is 0. The normalized spacial score (nSPS) is 22.2. The van der Waals surface area contributed by atoms with Crippen LogP contribution in [0, 0.1) is 11.7 Å². The molecule has 2 aliphatic heterocycles. The molecule has 8 heteroatoms. The van der Waals surface area contributed by atoms with Crippen LogP contribution >= 0.6 is 23.2 Å². The third kappa shape index (κ3) is 6.04. The van der Waals surface area contributed by atoms with E-state index in [0.717, 1.165) is 23.1 Å². The molecule has 0 saturated carbocycles. The van der Waals surface area contributed by atoms with Crippen molar-refractivity contribution in [3.8, 4) is 0 Å². The fourth-order valence-corrected chi connectivity index (χ4v) is 5.98. The fourth-order valence-electron chi connectivity index (χ4n) is 5.73. The molecule has 0 radical (unpaired) electrons. The Kier molecular flexibility index (Phi) is 8.79. The van der Waals surface area contributed by atoms with E-state index in [9.17, 15) is 14.0 Å². The highest BCUT2D eigenvalue weighted by Gasteiger charge is 2.49. The Morgan fingerprint density at radius 2 is 1.52 bits per heavy atom. The zero-order valence-corrected chi connectivity index (χ0v) is 24.1. The standard InChI is InChI=1S/C32H33Cl2FN2O3/c1-3-4-27(31(38)36-18-20(2)19-36)37-29(22-7-11-24(33)12-8-22)30(23-9-13-25(34)14-10-23)40-28(32(37)39)17-21-5-15-26(35)16-6-21/h5-16,20,27-30H,3-4,17-19H2,1-2H3/t27-,28+,29-,30+/m0/s1. The highest BCUT2D eigenvalue weighted by molar-refractivity contribution is 6.30. The number of rotatable bonds is 8. The predicted molar refractivity (Wildman–Crippen MR) is 155 cm³/mol. The lowest BCUT2D eigenvalue weighted by Crippen LogP contribution is -2.62. The van der Waals surface area contributed by atoms with Gasteiger partial charge in [-0.05, 0) is 65.4 Å². The number of carbonyl (C=O) groups is 2. The van der Waals surface area contributed by atoms with Gasteiger partial charge in [0.1, 0.15) is 24.1 Å². The Morgan fingerprint density at radius 3 is 2.08 bits per heavy atom. The first kappa shape index (κ1) is 28.6. The number of hydrogen-bond acceptors (Lipinski definition) is 3.